The first-order valence-electron chi connectivity index (χ1n) is 15.2. The monoisotopic (exact) mass is 656 g/mol. The van der Waals surface area contributed by atoms with E-state index < -0.39 is 18.1 Å². The van der Waals surface area contributed by atoms with Gasteiger partial charge in [-0.2, -0.15) is 13.2 Å². The second kappa shape index (κ2) is 12.6. The quantitative estimate of drug-likeness (QED) is 0.272. The molecule has 46 heavy (non-hydrogen) atoms. The van der Waals surface area contributed by atoms with Crippen molar-refractivity contribution >= 4 is 45.8 Å². The number of aromatic nitrogens is 2. The lowest BCUT2D eigenvalue weighted by Crippen LogP contribution is -2.54. The van der Waals surface area contributed by atoms with E-state index in [1.165, 1.54) is 0 Å². The molecule has 0 aliphatic carbocycles. The summed E-state index contributed by atoms with van der Waals surface area (Å²) in [4.78, 5) is 37.6. The van der Waals surface area contributed by atoms with E-state index in [0.717, 1.165) is 22.3 Å². The number of ether oxygens (including phenoxy) is 1. The lowest BCUT2D eigenvalue weighted by molar-refractivity contribution is -0.189. The average molecular weight is 657 g/mol. The summed E-state index contributed by atoms with van der Waals surface area (Å²) >= 11 is 6.39. The van der Waals surface area contributed by atoms with E-state index in [0.29, 0.717) is 62.1 Å². The molecule has 1 atom stereocenters. The van der Waals surface area contributed by atoms with Crippen LogP contribution in [0.5, 0.6) is 5.75 Å². The van der Waals surface area contributed by atoms with Gasteiger partial charge in [0.15, 0.2) is 11.4 Å². The average Bonchev–Trinajstić information content (AvgIpc) is 3.59. The molecule has 0 saturated carbocycles. The summed E-state index contributed by atoms with van der Waals surface area (Å²) in [5.74, 6) is -3.15. The number of amides is 1. The number of halogens is 4. The molecule has 0 spiro atoms. The van der Waals surface area contributed by atoms with Crippen molar-refractivity contribution in [2.45, 2.75) is 32.6 Å². The van der Waals surface area contributed by atoms with Gasteiger partial charge in [0.25, 0.3) is 5.91 Å². The lowest BCUT2D eigenvalue weighted by atomic mass is 10.1. The van der Waals surface area contributed by atoms with Crippen LogP contribution in [0.4, 0.5) is 24.5 Å². The molecule has 2 saturated heterocycles. The van der Waals surface area contributed by atoms with Crippen LogP contribution in [0.3, 0.4) is 0 Å². The number of piperazine rings is 2. The zero-order valence-corrected chi connectivity index (χ0v) is 26.7. The van der Waals surface area contributed by atoms with Gasteiger partial charge in [0.1, 0.15) is 0 Å². The third-order valence-corrected chi connectivity index (χ3v) is 9.45. The number of para-hydroxylation sites is 1. The minimum absolute atomic E-state index is 0.0621. The van der Waals surface area contributed by atoms with Gasteiger partial charge in [0.2, 0.25) is 0 Å². The van der Waals surface area contributed by atoms with Crippen molar-refractivity contribution in [3.63, 3.8) is 0 Å². The molecular weight excluding hydrogens is 621 g/mol. The maximum absolute atomic E-state index is 14.1. The molecule has 2 aliphatic rings. The fourth-order valence-electron chi connectivity index (χ4n) is 6.46. The molecule has 2 fully saturated rings. The van der Waals surface area contributed by atoms with Crippen LogP contribution in [0.15, 0.2) is 54.7 Å². The molecular formula is C33H36ClF3N6O3. The molecule has 13 heteroatoms. The van der Waals surface area contributed by atoms with Crippen molar-refractivity contribution in [3.8, 4) is 5.75 Å². The highest BCUT2D eigenvalue weighted by Gasteiger charge is 2.44. The third-order valence-electron chi connectivity index (χ3n) is 9.13. The van der Waals surface area contributed by atoms with Crippen molar-refractivity contribution in [2.75, 3.05) is 55.6 Å². The van der Waals surface area contributed by atoms with Crippen LogP contribution in [0, 0.1) is 6.92 Å². The predicted molar refractivity (Wildman–Crippen MR) is 172 cm³/mol. The predicted octanol–water partition coefficient (Wildman–Crippen LogP) is 5.61. The molecule has 244 valence electrons. The number of aromatic amines is 1. The number of carbonyl (C=O) groups excluding carboxylic acids is 2. The number of nitrogens with zero attached hydrogens (tertiary/aromatic N) is 5. The molecule has 0 unspecified atom stereocenters. The van der Waals surface area contributed by atoms with E-state index in [4.69, 9.17) is 16.3 Å². The summed E-state index contributed by atoms with van der Waals surface area (Å²) in [6.45, 7) is 7.77. The number of rotatable bonds is 6. The van der Waals surface area contributed by atoms with Gasteiger partial charge in [0, 0.05) is 94.1 Å². The SMILES string of the molecule is Cc1c(CN2CCN(c3ccccc3Cl)CC2)c(OC(=O)C(F)(F)F)c(C(=O)N2CCN(c3ccc4cc[nH]c4c3)C[C@@H]2C)n1C. The first-order valence-corrected chi connectivity index (χ1v) is 15.6. The van der Waals surface area contributed by atoms with E-state index in [9.17, 15) is 22.8 Å². The second-order valence-corrected chi connectivity index (χ2v) is 12.4. The van der Waals surface area contributed by atoms with Crippen LogP contribution in [-0.2, 0) is 18.4 Å². The Kier molecular flexibility index (Phi) is 8.68. The first kappa shape index (κ1) is 31.8. The third kappa shape index (κ3) is 6.15. The molecule has 4 heterocycles. The van der Waals surface area contributed by atoms with E-state index in [1.807, 2.05) is 55.6 Å². The highest BCUT2D eigenvalue weighted by atomic mass is 35.5. The van der Waals surface area contributed by atoms with Crippen molar-refractivity contribution in [2.24, 2.45) is 7.05 Å². The summed E-state index contributed by atoms with van der Waals surface area (Å²) in [5.41, 5.74) is 3.84. The number of anilines is 2. The van der Waals surface area contributed by atoms with E-state index in [-0.39, 0.29) is 24.0 Å². The molecule has 1 amide bonds. The number of hydrogen-bond acceptors (Lipinski definition) is 6. The largest absolute Gasteiger partial charge is 0.491 e. The Morgan fingerprint density at radius 1 is 1.00 bits per heavy atom. The van der Waals surface area contributed by atoms with Crippen molar-refractivity contribution < 1.29 is 27.5 Å². The van der Waals surface area contributed by atoms with Crippen LogP contribution in [0.25, 0.3) is 10.9 Å². The zero-order valence-electron chi connectivity index (χ0n) is 25.9. The van der Waals surface area contributed by atoms with Gasteiger partial charge in [-0.3, -0.25) is 9.69 Å². The fourth-order valence-corrected chi connectivity index (χ4v) is 6.71. The van der Waals surface area contributed by atoms with Gasteiger partial charge in [-0.1, -0.05) is 29.8 Å². The molecule has 0 bridgehead atoms. The van der Waals surface area contributed by atoms with Crippen molar-refractivity contribution in [3.05, 3.63) is 76.7 Å². The highest BCUT2D eigenvalue weighted by Crippen LogP contribution is 2.36. The Hall–Kier alpha value is -4.16. The standard InChI is InChI=1S/C33H36ClF3N6O3/c1-21-19-42(24-9-8-23-10-11-38-27(23)18-24)16-17-43(21)31(44)29-30(46-32(45)33(35,36)37)25(22(2)39(29)3)20-40-12-14-41(15-13-40)28-7-5-4-6-26(28)34/h4-11,18,21,38H,12-17,19-20H2,1-3H3/t21-/m0/s1. The number of esters is 1. The molecule has 2 aliphatic heterocycles. The topological polar surface area (TPSA) is 77.1 Å². The second-order valence-electron chi connectivity index (χ2n) is 11.9. The number of H-pyrrole nitrogens is 1. The minimum Gasteiger partial charge on any atom is -0.417 e. The van der Waals surface area contributed by atoms with Crippen LogP contribution in [0.1, 0.15) is 28.7 Å². The van der Waals surface area contributed by atoms with Gasteiger partial charge < -0.3 is 29.0 Å². The fraction of sp³-hybridized carbons (Fsp3) is 0.394. The molecule has 2 aromatic carbocycles. The number of nitrogens with one attached hydrogen (secondary N) is 1. The molecule has 1 N–H and O–H groups in total. The van der Waals surface area contributed by atoms with E-state index in [1.54, 1.807) is 23.4 Å². The highest BCUT2D eigenvalue weighted by molar-refractivity contribution is 6.33. The number of alkyl halides is 3. The van der Waals surface area contributed by atoms with Crippen LogP contribution >= 0.6 is 11.6 Å². The summed E-state index contributed by atoms with van der Waals surface area (Å²) in [6.07, 6.45) is -3.34. The zero-order chi connectivity index (χ0) is 32.7. The van der Waals surface area contributed by atoms with Crippen molar-refractivity contribution in [1.82, 2.24) is 19.4 Å². The smallest absolute Gasteiger partial charge is 0.417 e. The Labute approximate surface area is 270 Å². The normalized spacial score (nSPS) is 18.0. The van der Waals surface area contributed by atoms with E-state index in [2.05, 4.69) is 25.8 Å². The van der Waals surface area contributed by atoms with Crippen molar-refractivity contribution in [1.29, 1.82) is 0 Å². The number of fused-ring (bicyclic) bond motifs is 1. The van der Waals surface area contributed by atoms with Crippen LogP contribution in [0.2, 0.25) is 5.02 Å². The van der Waals surface area contributed by atoms with Gasteiger partial charge >= 0.3 is 12.1 Å². The van der Waals surface area contributed by atoms with Gasteiger partial charge in [-0.05, 0) is 49.6 Å². The molecule has 9 nitrogen and oxygen atoms in total. The Morgan fingerprint density at radius 3 is 2.41 bits per heavy atom. The Morgan fingerprint density at radius 2 is 1.72 bits per heavy atom. The maximum Gasteiger partial charge on any atom is 0.491 e. The summed E-state index contributed by atoms with van der Waals surface area (Å²) in [7, 11) is 1.62. The Balaban J connectivity index is 1.23. The Bertz CT molecular complexity index is 1760. The van der Waals surface area contributed by atoms with Gasteiger partial charge in [0.05, 0.1) is 10.7 Å². The van der Waals surface area contributed by atoms with Crippen LogP contribution in [-0.4, -0.2) is 89.3 Å². The maximum atomic E-state index is 14.1. The molecule has 6 rings (SSSR count). The number of benzene rings is 2. The van der Waals surface area contributed by atoms with E-state index >= 15 is 0 Å². The van der Waals surface area contributed by atoms with Gasteiger partial charge in [-0.25, -0.2) is 4.79 Å². The first-order chi connectivity index (χ1) is 21.9. The van der Waals surface area contributed by atoms with Gasteiger partial charge in [-0.15, -0.1) is 0 Å². The molecule has 2 aromatic heterocycles. The lowest BCUT2D eigenvalue weighted by Gasteiger charge is -2.41. The summed E-state index contributed by atoms with van der Waals surface area (Å²) < 4.78 is 47.1. The molecule has 0 radical (unpaired) electrons. The van der Waals surface area contributed by atoms with Crippen LogP contribution < -0.4 is 14.5 Å². The molecule has 4 aromatic rings. The number of carbonyl (C=O) groups is 2. The summed E-state index contributed by atoms with van der Waals surface area (Å²) in [6, 6.07) is 15.5. The number of hydrogen-bond donors (Lipinski definition) is 1. The summed E-state index contributed by atoms with van der Waals surface area (Å²) in [5, 5.41) is 1.75. The minimum atomic E-state index is -5.22.